The summed E-state index contributed by atoms with van der Waals surface area (Å²) in [6.45, 7) is 8.20. The summed E-state index contributed by atoms with van der Waals surface area (Å²) in [6.07, 6.45) is 3.13. The molecule has 0 aromatic heterocycles. The van der Waals surface area contributed by atoms with Crippen LogP contribution in [-0.2, 0) is 9.53 Å². The third-order valence-corrected chi connectivity index (χ3v) is 3.13. The Morgan fingerprint density at radius 2 is 1.95 bits per heavy atom. The van der Waals surface area contributed by atoms with Crippen molar-refractivity contribution in [2.75, 3.05) is 46.9 Å². The van der Waals surface area contributed by atoms with Crippen LogP contribution in [0.3, 0.4) is 0 Å². The highest BCUT2D eigenvalue weighted by Gasteiger charge is 2.02. The van der Waals surface area contributed by atoms with E-state index in [1.54, 1.807) is 7.11 Å². The van der Waals surface area contributed by atoms with Crippen molar-refractivity contribution in [3.05, 3.63) is 0 Å². The maximum absolute atomic E-state index is 11.4. The molecule has 0 heterocycles. The summed E-state index contributed by atoms with van der Waals surface area (Å²) in [6, 6.07) is 0.603. The molecule has 0 fully saturated rings. The fourth-order valence-corrected chi connectivity index (χ4v) is 1.58. The maximum atomic E-state index is 11.4. The van der Waals surface area contributed by atoms with Gasteiger partial charge in [-0.05, 0) is 53.2 Å². The molecule has 19 heavy (non-hydrogen) atoms. The zero-order chi connectivity index (χ0) is 14.5. The molecule has 0 bridgehead atoms. The highest BCUT2D eigenvalue weighted by atomic mass is 16.5. The molecule has 0 aliphatic carbocycles. The Balaban J connectivity index is 3.27. The third kappa shape index (κ3) is 12.1. The summed E-state index contributed by atoms with van der Waals surface area (Å²) < 4.78 is 4.91. The lowest BCUT2D eigenvalue weighted by molar-refractivity contribution is -0.120. The molecule has 2 N–H and O–H groups in total. The minimum absolute atomic E-state index is 0.0652. The Labute approximate surface area is 118 Å². The molecule has 0 radical (unpaired) electrons. The Kier molecular flexibility index (Phi) is 12.0. The molecule has 0 saturated heterocycles. The SMILES string of the molecule is COCCCNC(=O)CNCCCCN(C)C(C)C. The predicted octanol–water partition coefficient (Wildman–Crippen LogP) is 0.849. The zero-order valence-corrected chi connectivity index (χ0v) is 13.0. The number of nitrogens with zero attached hydrogens (tertiary/aromatic N) is 1. The van der Waals surface area contributed by atoms with Gasteiger partial charge in [0.05, 0.1) is 6.54 Å². The number of hydrogen-bond acceptors (Lipinski definition) is 4. The molecule has 0 unspecified atom stereocenters. The third-order valence-electron chi connectivity index (χ3n) is 3.13. The summed E-state index contributed by atoms with van der Waals surface area (Å²) >= 11 is 0. The molecule has 0 saturated carbocycles. The Bertz CT molecular complexity index is 223. The van der Waals surface area contributed by atoms with Gasteiger partial charge in [-0.3, -0.25) is 4.79 Å². The van der Waals surface area contributed by atoms with E-state index < -0.39 is 0 Å². The van der Waals surface area contributed by atoms with Crippen LogP contribution in [0.5, 0.6) is 0 Å². The minimum atomic E-state index is 0.0652. The number of ether oxygens (including phenoxy) is 1. The van der Waals surface area contributed by atoms with Crippen molar-refractivity contribution in [2.45, 2.75) is 39.2 Å². The van der Waals surface area contributed by atoms with E-state index in [-0.39, 0.29) is 5.91 Å². The molecular formula is C14H31N3O2. The van der Waals surface area contributed by atoms with Crippen molar-refractivity contribution in [2.24, 2.45) is 0 Å². The average Bonchev–Trinajstić information content (AvgIpc) is 2.38. The molecule has 114 valence electrons. The van der Waals surface area contributed by atoms with Crippen molar-refractivity contribution in [1.29, 1.82) is 0 Å². The lowest BCUT2D eigenvalue weighted by atomic mass is 10.2. The van der Waals surface area contributed by atoms with Gasteiger partial charge in [-0.2, -0.15) is 0 Å². The first-order valence-corrected chi connectivity index (χ1v) is 7.24. The topological polar surface area (TPSA) is 53.6 Å². The van der Waals surface area contributed by atoms with E-state index in [4.69, 9.17) is 4.74 Å². The van der Waals surface area contributed by atoms with Gasteiger partial charge in [0, 0.05) is 26.3 Å². The molecule has 0 atom stereocenters. The molecular weight excluding hydrogens is 242 g/mol. The van der Waals surface area contributed by atoms with Crippen LogP contribution in [-0.4, -0.2) is 63.8 Å². The highest BCUT2D eigenvalue weighted by Crippen LogP contribution is 1.96. The van der Waals surface area contributed by atoms with E-state index in [0.29, 0.717) is 25.7 Å². The van der Waals surface area contributed by atoms with E-state index in [2.05, 4.69) is 36.4 Å². The highest BCUT2D eigenvalue weighted by molar-refractivity contribution is 5.77. The lowest BCUT2D eigenvalue weighted by Crippen LogP contribution is -2.35. The van der Waals surface area contributed by atoms with Gasteiger partial charge >= 0.3 is 0 Å². The van der Waals surface area contributed by atoms with Gasteiger partial charge in [-0.25, -0.2) is 0 Å². The second-order valence-electron chi connectivity index (χ2n) is 5.15. The second-order valence-corrected chi connectivity index (χ2v) is 5.15. The van der Waals surface area contributed by atoms with Gasteiger partial charge in [-0.1, -0.05) is 0 Å². The first-order valence-electron chi connectivity index (χ1n) is 7.24. The lowest BCUT2D eigenvalue weighted by Gasteiger charge is -2.20. The molecule has 0 aromatic carbocycles. The van der Waals surface area contributed by atoms with E-state index >= 15 is 0 Å². The fraction of sp³-hybridized carbons (Fsp3) is 0.929. The standard InChI is InChI=1S/C14H31N3O2/c1-13(2)17(3)10-6-5-8-15-12-14(18)16-9-7-11-19-4/h13,15H,5-12H2,1-4H3,(H,16,18). The molecule has 0 aliphatic rings. The molecule has 0 aromatic rings. The normalized spacial score (nSPS) is 11.3. The molecule has 0 rings (SSSR count). The minimum Gasteiger partial charge on any atom is -0.385 e. The summed E-state index contributed by atoms with van der Waals surface area (Å²) in [5, 5.41) is 6.02. The largest absolute Gasteiger partial charge is 0.385 e. The second kappa shape index (κ2) is 12.4. The number of methoxy groups -OCH3 is 1. The number of hydrogen-bond donors (Lipinski definition) is 2. The monoisotopic (exact) mass is 273 g/mol. The molecule has 0 aliphatic heterocycles. The first kappa shape index (κ1) is 18.4. The zero-order valence-electron chi connectivity index (χ0n) is 13.0. The number of rotatable bonds is 12. The van der Waals surface area contributed by atoms with Crippen LogP contribution in [0.4, 0.5) is 0 Å². The van der Waals surface area contributed by atoms with E-state index in [1.807, 2.05) is 0 Å². The predicted molar refractivity (Wildman–Crippen MR) is 79.4 cm³/mol. The van der Waals surface area contributed by atoms with Gasteiger partial charge in [0.25, 0.3) is 0 Å². The molecule has 5 nitrogen and oxygen atoms in total. The summed E-state index contributed by atoms with van der Waals surface area (Å²) in [7, 11) is 3.81. The van der Waals surface area contributed by atoms with E-state index in [1.165, 1.54) is 0 Å². The van der Waals surface area contributed by atoms with Crippen LogP contribution in [0.15, 0.2) is 0 Å². The first-order chi connectivity index (χ1) is 9.07. The van der Waals surface area contributed by atoms with Gasteiger partial charge in [0.1, 0.15) is 0 Å². The van der Waals surface area contributed by atoms with Crippen LogP contribution in [0.1, 0.15) is 33.1 Å². The van der Waals surface area contributed by atoms with Crippen molar-refractivity contribution in [1.82, 2.24) is 15.5 Å². The smallest absolute Gasteiger partial charge is 0.233 e. The average molecular weight is 273 g/mol. The number of amides is 1. The quantitative estimate of drug-likeness (QED) is 0.518. The maximum Gasteiger partial charge on any atom is 0.233 e. The van der Waals surface area contributed by atoms with Crippen LogP contribution < -0.4 is 10.6 Å². The van der Waals surface area contributed by atoms with Crippen molar-refractivity contribution in [3.8, 4) is 0 Å². The molecule has 5 heteroatoms. The summed E-state index contributed by atoms with van der Waals surface area (Å²) in [4.78, 5) is 13.7. The van der Waals surface area contributed by atoms with Gasteiger partial charge in [0.2, 0.25) is 5.91 Å². The van der Waals surface area contributed by atoms with Crippen molar-refractivity contribution < 1.29 is 9.53 Å². The van der Waals surface area contributed by atoms with Gasteiger partial charge in [-0.15, -0.1) is 0 Å². The number of nitrogens with one attached hydrogen (secondary N) is 2. The van der Waals surface area contributed by atoms with Crippen LogP contribution in [0, 0.1) is 0 Å². The van der Waals surface area contributed by atoms with Crippen LogP contribution in [0.25, 0.3) is 0 Å². The Morgan fingerprint density at radius 3 is 2.58 bits per heavy atom. The molecule has 1 amide bonds. The van der Waals surface area contributed by atoms with Crippen molar-refractivity contribution in [3.63, 3.8) is 0 Å². The van der Waals surface area contributed by atoms with Gasteiger partial charge < -0.3 is 20.3 Å². The number of carbonyl (C=O) groups is 1. The van der Waals surface area contributed by atoms with E-state index in [0.717, 1.165) is 32.4 Å². The van der Waals surface area contributed by atoms with Crippen LogP contribution in [0.2, 0.25) is 0 Å². The van der Waals surface area contributed by atoms with Gasteiger partial charge in [0.15, 0.2) is 0 Å². The van der Waals surface area contributed by atoms with Crippen molar-refractivity contribution >= 4 is 5.91 Å². The Hall–Kier alpha value is -0.650. The Morgan fingerprint density at radius 1 is 1.21 bits per heavy atom. The van der Waals surface area contributed by atoms with Crippen LogP contribution >= 0.6 is 0 Å². The number of unbranched alkanes of at least 4 members (excludes halogenated alkanes) is 1. The van der Waals surface area contributed by atoms with E-state index in [9.17, 15) is 4.79 Å². The summed E-state index contributed by atoms with van der Waals surface area (Å²) in [5.41, 5.74) is 0. The summed E-state index contributed by atoms with van der Waals surface area (Å²) in [5.74, 6) is 0.0652. The fourth-order valence-electron chi connectivity index (χ4n) is 1.58. The molecule has 0 spiro atoms. The number of carbonyl (C=O) groups excluding carboxylic acids is 1.